The lowest BCUT2D eigenvalue weighted by atomic mass is 10.1. The minimum atomic E-state index is -0.321. The Bertz CT molecular complexity index is 928. The van der Waals surface area contributed by atoms with Crippen LogP contribution in [0, 0.1) is 5.82 Å². The molecule has 0 saturated heterocycles. The van der Waals surface area contributed by atoms with Crippen molar-refractivity contribution < 1.29 is 13.9 Å². The number of carbonyl (C=O) groups excluding carboxylic acids is 1. The van der Waals surface area contributed by atoms with Gasteiger partial charge in [-0.15, -0.1) is 5.10 Å². The Morgan fingerprint density at radius 3 is 2.81 bits per heavy atom. The predicted octanol–water partition coefficient (Wildman–Crippen LogP) is 2.68. The normalized spacial score (nSPS) is 10.6. The Morgan fingerprint density at radius 1 is 1.22 bits per heavy atom. The van der Waals surface area contributed by atoms with Gasteiger partial charge in [0.25, 0.3) is 5.91 Å². The fourth-order valence-corrected chi connectivity index (χ4v) is 2.64. The number of amides is 1. The number of benzene rings is 2. The van der Waals surface area contributed by atoms with Crippen LogP contribution in [0.25, 0.3) is 0 Å². The van der Waals surface area contributed by atoms with Gasteiger partial charge in [0.2, 0.25) is 0 Å². The van der Waals surface area contributed by atoms with Crippen LogP contribution in [-0.2, 0) is 19.7 Å². The molecule has 0 radical (unpaired) electrons. The van der Waals surface area contributed by atoms with Gasteiger partial charge in [-0.3, -0.25) is 4.79 Å². The van der Waals surface area contributed by atoms with Crippen molar-refractivity contribution in [1.82, 2.24) is 25.1 Å². The lowest BCUT2D eigenvalue weighted by Gasteiger charge is -2.18. The highest BCUT2D eigenvalue weighted by atomic mass is 19.1. The minimum Gasteiger partial charge on any atom is -0.486 e. The molecule has 1 amide bonds. The maximum Gasteiger partial charge on any atom is 0.254 e. The van der Waals surface area contributed by atoms with Gasteiger partial charge in [-0.1, -0.05) is 18.2 Å². The Hall–Kier alpha value is -3.29. The van der Waals surface area contributed by atoms with Crippen LogP contribution in [0.4, 0.5) is 4.39 Å². The monoisotopic (exact) mass is 369 g/mol. The van der Waals surface area contributed by atoms with Crippen LogP contribution in [0.5, 0.6) is 5.75 Å². The highest BCUT2D eigenvalue weighted by Gasteiger charge is 2.14. The van der Waals surface area contributed by atoms with Gasteiger partial charge in [-0.25, -0.2) is 9.07 Å². The summed E-state index contributed by atoms with van der Waals surface area (Å²) in [7, 11) is 1.68. The molecule has 3 rings (SSSR count). The molecule has 1 heterocycles. The molecule has 0 fully saturated rings. The van der Waals surface area contributed by atoms with Crippen molar-refractivity contribution in [3.05, 3.63) is 71.3 Å². The summed E-state index contributed by atoms with van der Waals surface area (Å²) in [6, 6.07) is 13.1. The summed E-state index contributed by atoms with van der Waals surface area (Å²) in [6.45, 7) is 3.10. The number of hydrogen-bond donors (Lipinski definition) is 0. The predicted molar refractivity (Wildman–Crippen MR) is 96.5 cm³/mol. The molecule has 0 saturated carbocycles. The Labute approximate surface area is 156 Å². The number of carbonyl (C=O) groups is 1. The second-order valence-electron chi connectivity index (χ2n) is 6.02. The second-order valence-corrected chi connectivity index (χ2v) is 6.02. The van der Waals surface area contributed by atoms with E-state index in [1.807, 2.05) is 6.92 Å². The van der Waals surface area contributed by atoms with Crippen LogP contribution >= 0.6 is 0 Å². The first-order valence-corrected chi connectivity index (χ1v) is 8.54. The zero-order valence-corrected chi connectivity index (χ0v) is 15.2. The van der Waals surface area contributed by atoms with Gasteiger partial charge in [-0.05, 0) is 53.2 Å². The van der Waals surface area contributed by atoms with Crippen molar-refractivity contribution in [3.63, 3.8) is 0 Å². The van der Waals surface area contributed by atoms with Crippen molar-refractivity contribution in [1.29, 1.82) is 0 Å². The molecule has 2 aromatic carbocycles. The van der Waals surface area contributed by atoms with E-state index < -0.39 is 0 Å². The van der Waals surface area contributed by atoms with Crippen molar-refractivity contribution in [3.8, 4) is 5.75 Å². The first-order chi connectivity index (χ1) is 13.1. The molecular formula is C19H20FN5O2. The van der Waals surface area contributed by atoms with Gasteiger partial charge in [0.1, 0.15) is 18.2 Å². The molecule has 140 valence electrons. The fraction of sp³-hybridized carbons (Fsp3) is 0.263. The lowest BCUT2D eigenvalue weighted by molar-refractivity contribution is 0.0784. The molecule has 0 aliphatic rings. The number of halogens is 1. The van der Waals surface area contributed by atoms with Crippen molar-refractivity contribution in [2.24, 2.45) is 0 Å². The first-order valence-electron chi connectivity index (χ1n) is 8.54. The van der Waals surface area contributed by atoms with E-state index in [0.717, 1.165) is 5.56 Å². The molecule has 0 N–H and O–H groups in total. The van der Waals surface area contributed by atoms with E-state index in [1.54, 1.807) is 48.1 Å². The Balaban J connectivity index is 1.66. The molecule has 0 spiro atoms. The number of nitrogens with zero attached hydrogens (tertiary/aromatic N) is 5. The van der Waals surface area contributed by atoms with E-state index in [9.17, 15) is 9.18 Å². The molecular weight excluding hydrogens is 349 g/mol. The van der Waals surface area contributed by atoms with Gasteiger partial charge < -0.3 is 9.64 Å². The highest BCUT2D eigenvalue weighted by Crippen LogP contribution is 2.17. The largest absolute Gasteiger partial charge is 0.486 e. The Morgan fingerprint density at radius 2 is 2.04 bits per heavy atom. The average Bonchev–Trinajstić information content (AvgIpc) is 3.13. The number of hydrogen-bond acceptors (Lipinski definition) is 5. The summed E-state index contributed by atoms with van der Waals surface area (Å²) in [4.78, 5) is 14.2. The van der Waals surface area contributed by atoms with Gasteiger partial charge >= 0.3 is 0 Å². The van der Waals surface area contributed by atoms with E-state index in [-0.39, 0.29) is 18.3 Å². The first kappa shape index (κ1) is 18.5. The molecule has 27 heavy (non-hydrogen) atoms. The molecule has 1 aromatic heterocycles. The summed E-state index contributed by atoms with van der Waals surface area (Å²) in [6.07, 6.45) is 0. The van der Waals surface area contributed by atoms with Crippen molar-refractivity contribution in [2.45, 2.75) is 26.6 Å². The summed E-state index contributed by atoms with van der Waals surface area (Å²) in [5.41, 5.74) is 1.21. The van der Waals surface area contributed by atoms with Crippen LogP contribution < -0.4 is 4.74 Å². The molecule has 7 nitrogen and oxygen atoms in total. The summed E-state index contributed by atoms with van der Waals surface area (Å²) < 4.78 is 20.7. The standard InChI is InChI=1S/C19H20FN5O2/c1-3-25-18(21-22-23-25)13-27-17-9-5-7-15(11-17)19(26)24(2)12-14-6-4-8-16(20)10-14/h4-11H,3,12-13H2,1-2H3. The van der Waals surface area contributed by atoms with Crippen LogP contribution in [0.1, 0.15) is 28.7 Å². The maximum atomic E-state index is 13.3. The summed E-state index contributed by atoms with van der Waals surface area (Å²) in [5.74, 6) is 0.657. The van der Waals surface area contributed by atoms with Crippen LogP contribution in [0.2, 0.25) is 0 Å². The fourth-order valence-electron chi connectivity index (χ4n) is 2.64. The topological polar surface area (TPSA) is 73.1 Å². The van der Waals surface area contributed by atoms with E-state index in [1.165, 1.54) is 17.0 Å². The van der Waals surface area contributed by atoms with E-state index >= 15 is 0 Å². The average molecular weight is 369 g/mol. The minimum absolute atomic E-state index is 0.178. The second kappa shape index (κ2) is 8.39. The van der Waals surface area contributed by atoms with E-state index in [2.05, 4.69) is 15.5 Å². The zero-order chi connectivity index (χ0) is 19.2. The van der Waals surface area contributed by atoms with Crippen molar-refractivity contribution >= 4 is 5.91 Å². The molecule has 8 heteroatoms. The summed E-state index contributed by atoms with van der Waals surface area (Å²) in [5, 5.41) is 11.4. The number of aromatic nitrogens is 4. The maximum absolute atomic E-state index is 13.3. The van der Waals surface area contributed by atoms with Crippen LogP contribution in [-0.4, -0.2) is 38.1 Å². The number of aryl methyl sites for hydroxylation is 1. The lowest BCUT2D eigenvalue weighted by Crippen LogP contribution is -2.26. The van der Waals surface area contributed by atoms with Crippen molar-refractivity contribution in [2.75, 3.05) is 7.05 Å². The van der Waals surface area contributed by atoms with Gasteiger partial charge in [0, 0.05) is 25.7 Å². The van der Waals surface area contributed by atoms with Gasteiger partial charge in [0.15, 0.2) is 5.82 Å². The van der Waals surface area contributed by atoms with Crippen LogP contribution in [0.3, 0.4) is 0 Å². The number of ether oxygens (including phenoxy) is 1. The third kappa shape index (κ3) is 4.66. The smallest absolute Gasteiger partial charge is 0.254 e. The quantitative estimate of drug-likeness (QED) is 0.640. The third-order valence-corrected chi connectivity index (χ3v) is 4.01. The molecule has 0 unspecified atom stereocenters. The third-order valence-electron chi connectivity index (χ3n) is 4.01. The molecule has 0 bridgehead atoms. The molecule has 0 atom stereocenters. The number of rotatable bonds is 7. The van der Waals surface area contributed by atoms with Gasteiger partial charge in [0.05, 0.1) is 0 Å². The SMILES string of the molecule is CCn1nnnc1COc1cccc(C(=O)N(C)Cc2cccc(F)c2)c1. The van der Waals surface area contributed by atoms with E-state index in [0.29, 0.717) is 30.2 Å². The van der Waals surface area contributed by atoms with Crippen LogP contribution in [0.15, 0.2) is 48.5 Å². The van der Waals surface area contributed by atoms with E-state index in [4.69, 9.17) is 4.74 Å². The summed E-state index contributed by atoms with van der Waals surface area (Å²) >= 11 is 0. The molecule has 0 aliphatic carbocycles. The molecule has 0 aliphatic heterocycles. The zero-order valence-electron chi connectivity index (χ0n) is 15.2. The van der Waals surface area contributed by atoms with Gasteiger partial charge in [-0.2, -0.15) is 0 Å². The highest BCUT2D eigenvalue weighted by molar-refractivity contribution is 5.94. The number of tetrazole rings is 1. The molecule has 3 aromatic rings. The Kier molecular flexibility index (Phi) is 5.75.